The maximum absolute atomic E-state index is 13.1. The number of H-pyrrole nitrogens is 1. The summed E-state index contributed by atoms with van der Waals surface area (Å²) in [5, 5.41) is 3.12. The van der Waals surface area contributed by atoms with Crippen LogP contribution in [0.15, 0.2) is 29.1 Å². The fraction of sp³-hybridized carbons (Fsp3) is 0.478. The van der Waals surface area contributed by atoms with E-state index in [9.17, 15) is 4.79 Å². The topological polar surface area (TPSA) is 71.9 Å². The van der Waals surface area contributed by atoms with Crippen LogP contribution in [0.1, 0.15) is 42.3 Å². The number of hydrogen-bond acceptors (Lipinski definition) is 5. The van der Waals surface area contributed by atoms with Gasteiger partial charge in [-0.1, -0.05) is 6.07 Å². The van der Waals surface area contributed by atoms with Gasteiger partial charge in [-0.25, -0.2) is 9.50 Å². The van der Waals surface area contributed by atoms with Crippen molar-refractivity contribution in [1.82, 2.24) is 19.5 Å². The first kappa shape index (κ1) is 19.2. The van der Waals surface area contributed by atoms with Gasteiger partial charge in [-0.2, -0.15) is 0 Å². The number of methoxy groups -OCH3 is 1. The van der Waals surface area contributed by atoms with Gasteiger partial charge in [-0.3, -0.25) is 14.8 Å². The Morgan fingerprint density at radius 3 is 2.73 bits per heavy atom. The molecule has 0 spiro atoms. The SMILES string of the molecule is CCOc1ccc(CN2[C@H]3CC[C@H]2Cc2c(nc4cc(C)[nH]n4c2=O)C3)cc1OC. The van der Waals surface area contributed by atoms with Crippen molar-refractivity contribution < 1.29 is 9.47 Å². The Labute approximate surface area is 175 Å². The minimum atomic E-state index is 0.0540. The number of rotatable bonds is 5. The first-order valence-corrected chi connectivity index (χ1v) is 10.7. The highest BCUT2D eigenvalue weighted by molar-refractivity contribution is 5.44. The third-order valence-electron chi connectivity index (χ3n) is 6.45. The van der Waals surface area contributed by atoms with E-state index in [0.717, 1.165) is 66.3 Å². The molecule has 7 heteroatoms. The number of aryl methyl sites for hydroxylation is 1. The molecule has 0 amide bonds. The summed E-state index contributed by atoms with van der Waals surface area (Å²) in [4.78, 5) is 20.5. The normalized spacial score (nSPS) is 20.9. The molecule has 2 aliphatic rings. The standard InChI is InChI=1S/C23H28N4O3/c1-4-30-20-8-5-15(10-21(20)29-3)13-26-16-6-7-17(26)12-19-18(11-16)23(28)27-22(24-19)9-14(2)25-27/h5,8-10,16-17,25H,4,6-7,11-13H2,1-3H3/t16-,17-/m0/s1. The molecule has 2 atom stereocenters. The van der Waals surface area contributed by atoms with Gasteiger partial charge >= 0.3 is 0 Å². The van der Waals surface area contributed by atoms with Crippen LogP contribution in [0.25, 0.3) is 5.65 Å². The average Bonchev–Trinajstić information content (AvgIpc) is 3.23. The quantitative estimate of drug-likeness (QED) is 0.703. The minimum Gasteiger partial charge on any atom is -0.493 e. The van der Waals surface area contributed by atoms with Gasteiger partial charge < -0.3 is 9.47 Å². The predicted octanol–water partition coefficient (Wildman–Crippen LogP) is 2.87. The second-order valence-corrected chi connectivity index (χ2v) is 8.36. The van der Waals surface area contributed by atoms with Gasteiger partial charge in [0.25, 0.3) is 5.56 Å². The van der Waals surface area contributed by atoms with Gasteiger partial charge in [0, 0.05) is 42.4 Å². The Morgan fingerprint density at radius 1 is 1.17 bits per heavy atom. The van der Waals surface area contributed by atoms with Crippen LogP contribution in [0.4, 0.5) is 0 Å². The Balaban J connectivity index is 1.45. The highest BCUT2D eigenvalue weighted by Crippen LogP contribution is 2.35. The van der Waals surface area contributed by atoms with Crippen molar-refractivity contribution in [2.45, 2.75) is 58.2 Å². The summed E-state index contributed by atoms with van der Waals surface area (Å²) < 4.78 is 12.8. The maximum atomic E-state index is 13.1. The number of aromatic amines is 1. The van der Waals surface area contributed by atoms with E-state index in [0.29, 0.717) is 18.7 Å². The lowest BCUT2D eigenvalue weighted by atomic mass is 9.98. The fourth-order valence-corrected chi connectivity index (χ4v) is 5.07. The summed E-state index contributed by atoms with van der Waals surface area (Å²) in [6.07, 6.45) is 3.85. The number of nitrogens with zero attached hydrogens (tertiary/aromatic N) is 3. The van der Waals surface area contributed by atoms with Crippen LogP contribution in [-0.2, 0) is 19.4 Å². The Bertz CT molecular complexity index is 1150. The molecule has 1 aromatic carbocycles. The molecule has 7 nitrogen and oxygen atoms in total. The third kappa shape index (κ3) is 3.17. The van der Waals surface area contributed by atoms with Crippen LogP contribution in [-0.4, -0.2) is 45.3 Å². The fourth-order valence-electron chi connectivity index (χ4n) is 5.07. The summed E-state index contributed by atoms with van der Waals surface area (Å²) in [6, 6.07) is 8.88. The number of aromatic nitrogens is 3. The molecule has 0 unspecified atom stereocenters. The molecule has 3 aromatic rings. The van der Waals surface area contributed by atoms with Gasteiger partial charge in [0.05, 0.1) is 19.4 Å². The zero-order chi connectivity index (χ0) is 20.8. The van der Waals surface area contributed by atoms with Crippen molar-refractivity contribution in [3.05, 3.63) is 57.1 Å². The molecule has 2 bridgehead atoms. The van der Waals surface area contributed by atoms with E-state index in [1.165, 1.54) is 5.56 Å². The van der Waals surface area contributed by atoms with Crippen LogP contribution in [0.5, 0.6) is 11.5 Å². The molecule has 0 aliphatic carbocycles. The third-order valence-corrected chi connectivity index (χ3v) is 6.45. The molecular formula is C23H28N4O3. The zero-order valence-corrected chi connectivity index (χ0v) is 17.8. The van der Waals surface area contributed by atoms with Crippen LogP contribution in [0.3, 0.4) is 0 Å². The van der Waals surface area contributed by atoms with Crippen molar-refractivity contribution >= 4 is 5.65 Å². The van der Waals surface area contributed by atoms with Crippen molar-refractivity contribution in [3.8, 4) is 11.5 Å². The van der Waals surface area contributed by atoms with E-state index in [1.807, 2.05) is 26.0 Å². The summed E-state index contributed by atoms with van der Waals surface area (Å²) in [7, 11) is 1.68. The Hall–Kier alpha value is -2.80. The molecule has 1 N–H and O–H groups in total. The summed E-state index contributed by atoms with van der Waals surface area (Å²) >= 11 is 0. The highest BCUT2D eigenvalue weighted by atomic mass is 16.5. The molecule has 2 aromatic heterocycles. The highest BCUT2D eigenvalue weighted by Gasteiger charge is 2.38. The molecule has 4 heterocycles. The van der Waals surface area contributed by atoms with Crippen LogP contribution in [0.2, 0.25) is 0 Å². The first-order valence-electron chi connectivity index (χ1n) is 10.7. The van der Waals surface area contributed by atoms with Gasteiger partial charge in [0.2, 0.25) is 0 Å². The maximum Gasteiger partial charge on any atom is 0.276 e. The summed E-state index contributed by atoms with van der Waals surface area (Å²) in [5.74, 6) is 1.54. The van der Waals surface area contributed by atoms with Gasteiger partial charge in [-0.15, -0.1) is 0 Å². The molecule has 0 saturated carbocycles. The monoisotopic (exact) mass is 408 g/mol. The van der Waals surface area contributed by atoms with Crippen molar-refractivity contribution in [2.75, 3.05) is 13.7 Å². The largest absolute Gasteiger partial charge is 0.493 e. The Kier molecular flexibility index (Phi) is 4.77. The molecule has 158 valence electrons. The van der Waals surface area contributed by atoms with Crippen LogP contribution in [0, 0.1) is 6.92 Å². The number of benzene rings is 1. The van der Waals surface area contributed by atoms with Crippen molar-refractivity contribution in [2.24, 2.45) is 0 Å². The van der Waals surface area contributed by atoms with E-state index >= 15 is 0 Å². The molecule has 0 radical (unpaired) electrons. The van der Waals surface area contributed by atoms with Crippen molar-refractivity contribution in [1.29, 1.82) is 0 Å². The van der Waals surface area contributed by atoms with Crippen LogP contribution >= 0.6 is 0 Å². The van der Waals surface area contributed by atoms with E-state index in [2.05, 4.69) is 22.1 Å². The van der Waals surface area contributed by atoms with E-state index in [1.54, 1.807) is 11.6 Å². The zero-order valence-electron chi connectivity index (χ0n) is 17.8. The lowest BCUT2D eigenvalue weighted by Crippen LogP contribution is -2.36. The Morgan fingerprint density at radius 2 is 1.97 bits per heavy atom. The summed E-state index contributed by atoms with van der Waals surface area (Å²) in [5.41, 5.74) is 4.77. The number of hydrogen-bond donors (Lipinski definition) is 1. The van der Waals surface area contributed by atoms with Gasteiger partial charge in [0.15, 0.2) is 17.1 Å². The smallest absolute Gasteiger partial charge is 0.276 e. The summed E-state index contributed by atoms with van der Waals surface area (Å²) in [6.45, 7) is 5.37. The van der Waals surface area contributed by atoms with E-state index < -0.39 is 0 Å². The van der Waals surface area contributed by atoms with E-state index in [4.69, 9.17) is 14.5 Å². The van der Waals surface area contributed by atoms with E-state index in [-0.39, 0.29) is 5.56 Å². The van der Waals surface area contributed by atoms with Crippen molar-refractivity contribution in [3.63, 3.8) is 0 Å². The molecular weight excluding hydrogens is 380 g/mol. The lowest BCUT2D eigenvalue weighted by Gasteiger charge is -2.28. The second kappa shape index (κ2) is 7.47. The van der Waals surface area contributed by atoms with Crippen LogP contribution < -0.4 is 15.0 Å². The molecule has 2 aliphatic heterocycles. The number of ether oxygens (including phenoxy) is 2. The number of nitrogens with one attached hydrogen (secondary N) is 1. The molecule has 1 saturated heterocycles. The molecule has 1 fully saturated rings. The van der Waals surface area contributed by atoms with Gasteiger partial charge in [0.1, 0.15) is 0 Å². The molecule has 30 heavy (non-hydrogen) atoms. The first-order chi connectivity index (χ1) is 14.6. The minimum absolute atomic E-state index is 0.0540. The second-order valence-electron chi connectivity index (χ2n) is 8.36. The van der Waals surface area contributed by atoms with Gasteiger partial charge in [-0.05, 0) is 50.8 Å². The average molecular weight is 409 g/mol. The number of fused-ring (bicyclic) bond motifs is 4. The molecule has 5 rings (SSSR count). The lowest BCUT2D eigenvalue weighted by molar-refractivity contribution is 0.187. The predicted molar refractivity (Wildman–Crippen MR) is 114 cm³/mol.